The molecule has 0 aliphatic carbocycles. The second kappa shape index (κ2) is 10.3. The summed E-state index contributed by atoms with van der Waals surface area (Å²) in [6.45, 7) is 0.774. The fraction of sp³-hybridized carbons (Fsp3) is 0.263. The van der Waals surface area contributed by atoms with E-state index < -0.39 is 12.0 Å². The lowest BCUT2D eigenvalue weighted by Crippen LogP contribution is -2.39. The molecule has 126 valence electrons. The second-order valence-corrected chi connectivity index (χ2v) is 5.23. The topological polar surface area (TPSA) is 64.6 Å². The normalized spacial score (nSPS) is 11.7. The number of hydrogen-bond donors (Lipinski definition) is 1. The molecule has 0 heterocycles. The van der Waals surface area contributed by atoms with Crippen LogP contribution in [0.4, 0.5) is 0 Å². The molecule has 0 aromatic heterocycles. The van der Waals surface area contributed by atoms with Crippen LogP contribution in [0.5, 0.6) is 0 Å². The van der Waals surface area contributed by atoms with Crippen LogP contribution in [0.2, 0.25) is 0 Å². The molecule has 5 nitrogen and oxygen atoms in total. The Morgan fingerprint density at radius 2 is 1.54 bits per heavy atom. The van der Waals surface area contributed by atoms with Gasteiger partial charge in [-0.3, -0.25) is 10.1 Å². The van der Waals surface area contributed by atoms with Crippen LogP contribution in [0.1, 0.15) is 17.5 Å². The van der Waals surface area contributed by atoms with Crippen LogP contribution >= 0.6 is 0 Å². The highest BCUT2D eigenvalue weighted by Crippen LogP contribution is 2.04. The summed E-state index contributed by atoms with van der Waals surface area (Å²) < 4.78 is 10.7. The highest BCUT2D eigenvalue weighted by atomic mass is 16.5. The molecular formula is C19H21NO4. The number of benzene rings is 2. The maximum absolute atomic E-state index is 12.1. The van der Waals surface area contributed by atoms with Gasteiger partial charge in [0.15, 0.2) is 0 Å². The summed E-state index contributed by atoms with van der Waals surface area (Å²) in [5.41, 5.74) is 1.94. The Bertz CT molecular complexity index is 616. The van der Waals surface area contributed by atoms with Crippen molar-refractivity contribution in [3.8, 4) is 0 Å². The molecule has 0 unspecified atom stereocenters. The number of carbonyl (C=O) groups is 2. The summed E-state index contributed by atoms with van der Waals surface area (Å²) in [4.78, 5) is 22.8. The Labute approximate surface area is 141 Å². The quantitative estimate of drug-likeness (QED) is 0.314. The molecule has 1 atom stereocenters. The molecule has 0 radical (unpaired) electrons. The van der Waals surface area contributed by atoms with E-state index in [0.29, 0.717) is 12.9 Å². The van der Waals surface area contributed by atoms with Gasteiger partial charge in [-0.2, -0.15) is 0 Å². The van der Waals surface area contributed by atoms with Gasteiger partial charge < -0.3 is 14.3 Å². The van der Waals surface area contributed by atoms with E-state index in [2.05, 4.69) is 5.32 Å². The molecule has 2 rings (SSSR count). The number of hydrogen-bond acceptors (Lipinski definition) is 5. The van der Waals surface area contributed by atoms with Crippen LogP contribution < -0.4 is 5.32 Å². The summed E-state index contributed by atoms with van der Waals surface area (Å²) in [7, 11) is 0. The fourth-order valence-corrected chi connectivity index (χ4v) is 2.09. The minimum absolute atomic E-state index is 0.0440. The van der Waals surface area contributed by atoms with Gasteiger partial charge in [0.05, 0.1) is 13.3 Å². The van der Waals surface area contributed by atoms with E-state index in [9.17, 15) is 9.59 Å². The molecule has 0 aliphatic heterocycles. The van der Waals surface area contributed by atoms with E-state index in [4.69, 9.17) is 9.47 Å². The van der Waals surface area contributed by atoms with Gasteiger partial charge in [0, 0.05) is 6.42 Å². The first-order valence-electron chi connectivity index (χ1n) is 7.79. The van der Waals surface area contributed by atoms with E-state index in [1.807, 2.05) is 60.7 Å². The van der Waals surface area contributed by atoms with Gasteiger partial charge in [-0.25, -0.2) is 0 Å². The molecule has 24 heavy (non-hydrogen) atoms. The zero-order chi connectivity index (χ0) is 17.0. The zero-order valence-electron chi connectivity index (χ0n) is 13.4. The standard InChI is InChI=1S/C19H21NO4/c21-12-11-18(19(22)24-14-17-9-5-2-6-10-17)20-15-23-13-16-7-3-1-4-8-16/h1-10,12,18,20H,11,13-15H2/t18-/m0/s1. The van der Waals surface area contributed by atoms with Crippen LogP contribution in [0.15, 0.2) is 60.7 Å². The molecule has 0 saturated carbocycles. The highest BCUT2D eigenvalue weighted by Gasteiger charge is 2.19. The molecule has 5 heteroatoms. The number of nitrogens with one attached hydrogen (secondary N) is 1. The molecule has 2 aromatic rings. The molecule has 0 bridgehead atoms. The maximum Gasteiger partial charge on any atom is 0.323 e. The zero-order valence-corrected chi connectivity index (χ0v) is 13.4. The lowest BCUT2D eigenvalue weighted by atomic mass is 10.2. The molecule has 0 fully saturated rings. The van der Waals surface area contributed by atoms with Crippen LogP contribution in [0.25, 0.3) is 0 Å². The first-order valence-corrected chi connectivity index (χ1v) is 7.79. The van der Waals surface area contributed by atoms with Crippen LogP contribution in [-0.4, -0.2) is 25.0 Å². The average molecular weight is 327 g/mol. The summed E-state index contributed by atoms with van der Waals surface area (Å²) in [6.07, 6.45) is 0.737. The smallest absolute Gasteiger partial charge is 0.323 e. The molecule has 0 amide bonds. The molecule has 1 N–H and O–H groups in total. The third-order valence-corrected chi connectivity index (χ3v) is 3.38. The summed E-state index contributed by atoms with van der Waals surface area (Å²) in [5.74, 6) is -0.464. The Balaban J connectivity index is 1.73. The van der Waals surface area contributed by atoms with Crippen molar-refractivity contribution in [3.05, 3.63) is 71.8 Å². The Morgan fingerprint density at radius 1 is 0.958 bits per heavy atom. The van der Waals surface area contributed by atoms with Gasteiger partial charge in [0.1, 0.15) is 18.9 Å². The number of rotatable bonds is 10. The maximum atomic E-state index is 12.1. The van der Waals surface area contributed by atoms with E-state index >= 15 is 0 Å². The first-order chi connectivity index (χ1) is 11.8. The van der Waals surface area contributed by atoms with Gasteiger partial charge in [-0.05, 0) is 11.1 Å². The predicted molar refractivity (Wildman–Crippen MR) is 89.9 cm³/mol. The molecule has 2 aromatic carbocycles. The third-order valence-electron chi connectivity index (χ3n) is 3.38. The second-order valence-electron chi connectivity index (χ2n) is 5.23. The number of ether oxygens (including phenoxy) is 2. The van der Waals surface area contributed by atoms with E-state index in [0.717, 1.165) is 11.1 Å². The fourth-order valence-electron chi connectivity index (χ4n) is 2.09. The minimum atomic E-state index is -0.706. The van der Waals surface area contributed by atoms with Gasteiger partial charge in [0.25, 0.3) is 0 Å². The van der Waals surface area contributed by atoms with Crippen molar-refractivity contribution in [1.29, 1.82) is 0 Å². The monoisotopic (exact) mass is 327 g/mol. The minimum Gasteiger partial charge on any atom is -0.460 e. The molecule has 0 saturated heterocycles. The van der Waals surface area contributed by atoms with Crippen molar-refractivity contribution in [3.63, 3.8) is 0 Å². The number of esters is 1. The van der Waals surface area contributed by atoms with E-state index in [1.165, 1.54) is 0 Å². The molecular weight excluding hydrogens is 306 g/mol. The van der Waals surface area contributed by atoms with Crippen LogP contribution in [-0.2, 0) is 32.3 Å². The lowest BCUT2D eigenvalue weighted by molar-refractivity contribution is -0.148. The Kier molecular flexibility index (Phi) is 7.67. The van der Waals surface area contributed by atoms with Gasteiger partial charge in [-0.15, -0.1) is 0 Å². The number of carbonyl (C=O) groups excluding carboxylic acids is 2. The van der Waals surface area contributed by atoms with Crippen molar-refractivity contribution in [2.45, 2.75) is 25.7 Å². The third kappa shape index (κ3) is 6.32. The van der Waals surface area contributed by atoms with Crippen molar-refractivity contribution in [2.75, 3.05) is 6.73 Å². The molecule has 0 spiro atoms. The van der Waals surface area contributed by atoms with Crippen molar-refractivity contribution in [2.24, 2.45) is 0 Å². The predicted octanol–water partition coefficient (Wildman–Crippen LogP) is 2.45. The number of aldehydes is 1. The summed E-state index contributed by atoms with van der Waals surface area (Å²) >= 11 is 0. The SMILES string of the molecule is O=CC[C@H](NCOCc1ccccc1)C(=O)OCc1ccccc1. The van der Waals surface area contributed by atoms with Crippen molar-refractivity contribution in [1.82, 2.24) is 5.32 Å². The Hall–Kier alpha value is -2.50. The highest BCUT2D eigenvalue weighted by molar-refractivity contribution is 5.78. The van der Waals surface area contributed by atoms with Crippen molar-refractivity contribution >= 4 is 12.3 Å². The van der Waals surface area contributed by atoms with Crippen molar-refractivity contribution < 1.29 is 19.1 Å². The average Bonchev–Trinajstić information content (AvgIpc) is 2.64. The Morgan fingerprint density at radius 3 is 2.12 bits per heavy atom. The summed E-state index contributed by atoms with van der Waals surface area (Å²) in [5, 5.41) is 2.90. The first kappa shape index (κ1) is 17.8. The van der Waals surface area contributed by atoms with Gasteiger partial charge in [-0.1, -0.05) is 60.7 Å². The lowest BCUT2D eigenvalue weighted by Gasteiger charge is -2.15. The van der Waals surface area contributed by atoms with Crippen LogP contribution in [0.3, 0.4) is 0 Å². The van der Waals surface area contributed by atoms with Gasteiger partial charge >= 0.3 is 5.97 Å². The van der Waals surface area contributed by atoms with E-state index in [1.54, 1.807) is 0 Å². The van der Waals surface area contributed by atoms with Crippen LogP contribution in [0, 0.1) is 0 Å². The largest absolute Gasteiger partial charge is 0.460 e. The molecule has 0 aliphatic rings. The van der Waals surface area contributed by atoms with E-state index in [-0.39, 0.29) is 19.8 Å². The summed E-state index contributed by atoms with van der Waals surface area (Å²) in [6, 6.07) is 18.4. The van der Waals surface area contributed by atoms with Gasteiger partial charge in [0.2, 0.25) is 0 Å².